The highest BCUT2D eigenvalue weighted by atomic mass is 32.2. The van der Waals surface area contributed by atoms with E-state index in [9.17, 15) is 13.0 Å². The van der Waals surface area contributed by atoms with Crippen LogP contribution in [0, 0.1) is 6.92 Å². The number of benzene rings is 2. The van der Waals surface area contributed by atoms with Crippen molar-refractivity contribution in [1.29, 1.82) is 0 Å². The summed E-state index contributed by atoms with van der Waals surface area (Å²) in [6, 6.07) is 13.1. The Labute approximate surface area is 231 Å². The molecule has 210 valence electrons. The van der Waals surface area contributed by atoms with Gasteiger partial charge in [-0.05, 0) is 66.9 Å². The van der Waals surface area contributed by atoms with Crippen molar-refractivity contribution >= 4 is 39.1 Å². The van der Waals surface area contributed by atoms with Crippen LogP contribution in [0.2, 0.25) is 0 Å². The Morgan fingerprint density at radius 3 is 2.56 bits per heavy atom. The van der Waals surface area contributed by atoms with Crippen molar-refractivity contribution in [1.82, 2.24) is 14.9 Å². The normalized spacial score (nSPS) is 12.6. The number of H-pyrrole nitrogens is 1. The zero-order chi connectivity index (χ0) is 28.2. The van der Waals surface area contributed by atoms with Crippen LogP contribution in [-0.4, -0.2) is 75.2 Å². The minimum atomic E-state index is -3.33. The molecule has 0 atom stereocenters. The molecule has 0 saturated heterocycles. The second kappa shape index (κ2) is 12.2. The number of rotatable bonds is 13. The summed E-state index contributed by atoms with van der Waals surface area (Å²) in [6.07, 6.45) is 2.65. The van der Waals surface area contributed by atoms with Crippen molar-refractivity contribution in [2.45, 2.75) is 32.1 Å². The lowest BCUT2D eigenvalue weighted by molar-refractivity contribution is 0.202. The van der Waals surface area contributed by atoms with Gasteiger partial charge in [0, 0.05) is 43.4 Å². The molecular weight excluding hydrogens is 533 g/mol. The summed E-state index contributed by atoms with van der Waals surface area (Å²) in [7, 11) is -5.81. The van der Waals surface area contributed by atoms with Crippen molar-refractivity contribution in [2.75, 3.05) is 51.9 Å². The fourth-order valence-corrected chi connectivity index (χ4v) is 6.08. The van der Waals surface area contributed by atoms with Gasteiger partial charge in [-0.25, -0.2) is 13.4 Å². The molecule has 2 aromatic carbocycles. The van der Waals surface area contributed by atoms with Crippen LogP contribution in [0.4, 0.5) is 0 Å². The van der Waals surface area contributed by atoms with Crippen LogP contribution in [-0.2, 0) is 18.9 Å². The van der Waals surface area contributed by atoms with Gasteiger partial charge in [-0.1, -0.05) is 26.0 Å². The smallest absolute Gasteiger partial charge is 0.197 e. The number of aromatic nitrogens is 2. The van der Waals surface area contributed by atoms with Crippen molar-refractivity contribution in [3.05, 3.63) is 54.2 Å². The van der Waals surface area contributed by atoms with E-state index in [4.69, 9.17) is 9.26 Å². The van der Waals surface area contributed by atoms with Gasteiger partial charge < -0.3 is 19.1 Å². The third kappa shape index (κ3) is 7.09. The second-order valence-electron chi connectivity index (χ2n) is 10.0. The maximum Gasteiger partial charge on any atom is 0.197 e. The highest BCUT2D eigenvalue weighted by molar-refractivity contribution is 7.91. The van der Waals surface area contributed by atoms with E-state index in [-0.39, 0.29) is 5.75 Å². The fraction of sp³-hybridized carbons (Fsp3) is 0.414. The molecule has 0 fully saturated rings. The first-order valence-corrected chi connectivity index (χ1v) is 17.5. The lowest BCUT2D eigenvalue weighted by atomic mass is 9.99. The number of pyridine rings is 1. The average Bonchev–Trinajstić information content (AvgIpc) is 3.28. The highest BCUT2D eigenvalue weighted by Gasteiger charge is 2.18. The maximum absolute atomic E-state index is 12.6. The number of sulfone groups is 1. The number of aryl methyl sites for hydroxylation is 1. The lowest BCUT2D eigenvalue weighted by Crippen LogP contribution is -2.29. The van der Waals surface area contributed by atoms with Crippen molar-refractivity contribution in [3.8, 4) is 16.9 Å². The number of aromatic amines is 1. The van der Waals surface area contributed by atoms with Crippen LogP contribution in [0.5, 0.6) is 5.75 Å². The van der Waals surface area contributed by atoms with Crippen LogP contribution in [0.15, 0.2) is 53.6 Å². The summed E-state index contributed by atoms with van der Waals surface area (Å²) in [5.74, 6) is 0.779. The topological polar surface area (TPSA) is 102 Å². The predicted octanol–water partition coefficient (Wildman–Crippen LogP) is 6.13. The molecule has 0 aliphatic rings. The number of hydrogen-bond acceptors (Lipinski definition) is 7. The predicted molar refractivity (Wildman–Crippen MR) is 159 cm³/mol. The molecule has 39 heavy (non-hydrogen) atoms. The zero-order valence-corrected chi connectivity index (χ0v) is 25.1. The quantitative estimate of drug-likeness (QED) is 0.152. The number of nitrogens with one attached hydrogen (secondary N) is 1. The molecule has 0 spiro atoms. The summed E-state index contributed by atoms with van der Waals surface area (Å²) in [5.41, 5.74) is 4.38. The minimum absolute atomic E-state index is 0.0509. The van der Waals surface area contributed by atoms with Crippen LogP contribution in [0.25, 0.3) is 33.1 Å². The molecule has 0 saturated carbocycles. The van der Waals surface area contributed by atoms with Gasteiger partial charge in [0.2, 0.25) is 0 Å². The molecule has 1 N–H and O–H groups in total. The van der Waals surface area contributed by atoms with Crippen LogP contribution >= 0.6 is 7.37 Å². The number of fused-ring (bicyclic) bond motifs is 3. The first-order valence-electron chi connectivity index (χ1n) is 13.3. The van der Waals surface area contributed by atoms with Gasteiger partial charge in [0.05, 0.1) is 29.4 Å². The van der Waals surface area contributed by atoms with E-state index in [0.29, 0.717) is 18.1 Å². The second-order valence-corrected chi connectivity index (χ2v) is 15.1. The molecule has 0 unspecified atom stereocenters. The minimum Gasteiger partial charge on any atom is -0.491 e. The Hall–Kier alpha value is -2.71. The molecule has 8 nitrogen and oxygen atoms in total. The maximum atomic E-state index is 12.6. The van der Waals surface area contributed by atoms with Crippen LogP contribution < -0.4 is 4.74 Å². The Bertz CT molecular complexity index is 1610. The summed E-state index contributed by atoms with van der Waals surface area (Å²) in [6.45, 7) is 12.4. The van der Waals surface area contributed by atoms with Gasteiger partial charge in [0.1, 0.15) is 11.4 Å². The molecule has 4 rings (SSSR count). The van der Waals surface area contributed by atoms with Gasteiger partial charge in [0.15, 0.2) is 17.2 Å². The Balaban J connectivity index is 1.60. The Morgan fingerprint density at radius 1 is 1.05 bits per heavy atom. The largest absolute Gasteiger partial charge is 0.491 e. The molecule has 2 aromatic heterocycles. The van der Waals surface area contributed by atoms with Gasteiger partial charge in [-0.2, -0.15) is 0 Å². The number of likely N-dealkylation sites (N-methyl/N-ethyl adjacent to an activating group) is 1. The summed E-state index contributed by atoms with van der Waals surface area (Å²) in [5, 5.41) is 1.93. The number of hydrogen-bond donors (Lipinski definition) is 1. The van der Waals surface area contributed by atoms with Gasteiger partial charge in [-0.15, -0.1) is 0 Å². The van der Waals surface area contributed by atoms with Crippen LogP contribution in [0.1, 0.15) is 25.8 Å². The van der Waals surface area contributed by atoms with E-state index in [2.05, 4.69) is 27.9 Å². The number of nitrogens with zero attached hydrogens (tertiary/aromatic N) is 2. The molecule has 4 aromatic rings. The van der Waals surface area contributed by atoms with Crippen molar-refractivity contribution < 1.29 is 22.2 Å². The van der Waals surface area contributed by atoms with Crippen LogP contribution in [0.3, 0.4) is 0 Å². The SMILES string of the molecule is CCN(CCCOc1ccc(-c2cccc(S(=O)(=O)CC)c2)c2c1[nH]c1ncc(C)cc12)CCOP(C)(C)=O. The van der Waals surface area contributed by atoms with E-state index in [0.717, 1.165) is 70.4 Å². The van der Waals surface area contributed by atoms with E-state index in [1.807, 2.05) is 31.3 Å². The molecule has 10 heteroatoms. The monoisotopic (exact) mass is 571 g/mol. The molecule has 0 amide bonds. The molecule has 0 aliphatic heterocycles. The third-order valence-corrected chi connectivity index (χ3v) is 9.26. The molecule has 2 heterocycles. The summed E-state index contributed by atoms with van der Waals surface area (Å²) in [4.78, 5) is 10.6. The average molecular weight is 572 g/mol. The Morgan fingerprint density at radius 2 is 1.85 bits per heavy atom. The highest BCUT2D eigenvalue weighted by Crippen LogP contribution is 2.40. The first-order chi connectivity index (χ1) is 18.5. The first kappa shape index (κ1) is 29.3. The Kier molecular flexibility index (Phi) is 9.17. The molecular formula is C29H38N3O5PS. The molecule has 0 aliphatic carbocycles. The zero-order valence-electron chi connectivity index (χ0n) is 23.4. The number of ether oxygens (including phenoxy) is 1. The van der Waals surface area contributed by atoms with Crippen molar-refractivity contribution in [3.63, 3.8) is 0 Å². The van der Waals surface area contributed by atoms with E-state index in [1.54, 1.807) is 38.5 Å². The lowest BCUT2D eigenvalue weighted by Gasteiger charge is -2.21. The molecule has 0 bridgehead atoms. The van der Waals surface area contributed by atoms with Crippen molar-refractivity contribution in [2.24, 2.45) is 0 Å². The van der Waals surface area contributed by atoms with Gasteiger partial charge in [0.25, 0.3) is 0 Å². The summed E-state index contributed by atoms with van der Waals surface area (Å²) >= 11 is 0. The van der Waals surface area contributed by atoms with Gasteiger partial charge >= 0.3 is 0 Å². The summed E-state index contributed by atoms with van der Waals surface area (Å²) < 4.78 is 48.6. The fourth-order valence-electron chi connectivity index (χ4n) is 4.64. The third-order valence-electron chi connectivity index (χ3n) is 6.72. The molecule has 0 radical (unpaired) electrons. The van der Waals surface area contributed by atoms with E-state index >= 15 is 0 Å². The van der Waals surface area contributed by atoms with E-state index < -0.39 is 17.2 Å². The van der Waals surface area contributed by atoms with E-state index in [1.165, 1.54) is 0 Å². The van der Waals surface area contributed by atoms with Gasteiger partial charge in [-0.3, -0.25) is 4.57 Å². The standard InChI is InChI=1S/C29H38N3O5PS/c1-6-32(15-17-37-38(4,5)33)14-9-16-36-26-13-12-24(22-10-8-11-23(19-22)39(34,35)7-2)27-25-18-21(3)20-30-29(25)31-28(26)27/h8,10-13,18-20H,6-7,9,14-17H2,1-5H3,(H,30,31).